The van der Waals surface area contributed by atoms with Gasteiger partial charge in [0, 0.05) is 26.2 Å². The van der Waals surface area contributed by atoms with Crippen LogP contribution < -0.4 is 4.74 Å². The van der Waals surface area contributed by atoms with E-state index in [9.17, 15) is 4.79 Å². The van der Waals surface area contributed by atoms with E-state index in [1.807, 2.05) is 33.0 Å². The van der Waals surface area contributed by atoms with Crippen molar-refractivity contribution >= 4 is 5.97 Å². The monoisotopic (exact) mass is 336 g/mol. The quantitative estimate of drug-likeness (QED) is 0.779. The number of carbonyl (C=O) groups is 1. The van der Waals surface area contributed by atoms with Crippen molar-refractivity contribution in [3.05, 3.63) is 29.8 Å². The van der Waals surface area contributed by atoms with Crippen LogP contribution in [0.4, 0.5) is 0 Å². The minimum absolute atomic E-state index is 0.0362. The lowest BCUT2D eigenvalue weighted by Gasteiger charge is -2.34. The fraction of sp³-hybridized carbons (Fsp3) is 0.611. The second-order valence-electron chi connectivity index (χ2n) is 6.63. The van der Waals surface area contributed by atoms with Crippen LogP contribution in [0.2, 0.25) is 0 Å². The summed E-state index contributed by atoms with van der Waals surface area (Å²) < 4.78 is 11.5. The molecular weight excluding hydrogens is 308 g/mol. The molecule has 1 fully saturated rings. The van der Waals surface area contributed by atoms with Crippen molar-refractivity contribution in [1.82, 2.24) is 9.80 Å². The van der Waals surface area contributed by atoms with E-state index in [0.29, 0.717) is 13.2 Å². The molecule has 1 aromatic carbocycles. The van der Waals surface area contributed by atoms with E-state index in [4.69, 9.17) is 14.6 Å². The maximum absolute atomic E-state index is 10.8. The molecule has 24 heavy (non-hydrogen) atoms. The van der Waals surface area contributed by atoms with Gasteiger partial charge in [-0.25, -0.2) is 0 Å². The highest BCUT2D eigenvalue weighted by molar-refractivity contribution is 5.69. The number of carboxylic acids is 1. The molecular formula is C18H28N2O4. The Hall–Kier alpha value is -1.63. The van der Waals surface area contributed by atoms with Gasteiger partial charge in [-0.1, -0.05) is 12.1 Å². The SMILES string of the molecule is CC(C)Oc1cccc(CN2CCOC(CN(C)CC(=O)O)C2)c1. The van der Waals surface area contributed by atoms with E-state index in [0.717, 1.165) is 25.4 Å². The summed E-state index contributed by atoms with van der Waals surface area (Å²) in [6.45, 7) is 7.91. The van der Waals surface area contributed by atoms with Gasteiger partial charge in [-0.05, 0) is 38.6 Å². The van der Waals surface area contributed by atoms with Crippen LogP contribution in [0.5, 0.6) is 5.75 Å². The molecule has 1 aliphatic rings. The molecule has 1 heterocycles. The van der Waals surface area contributed by atoms with E-state index in [1.54, 1.807) is 4.90 Å². The minimum atomic E-state index is -0.813. The van der Waals surface area contributed by atoms with Crippen molar-refractivity contribution in [3.8, 4) is 5.75 Å². The van der Waals surface area contributed by atoms with Gasteiger partial charge in [0.15, 0.2) is 0 Å². The van der Waals surface area contributed by atoms with Crippen molar-refractivity contribution in [1.29, 1.82) is 0 Å². The van der Waals surface area contributed by atoms with Gasteiger partial charge >= 0.3 is 5.97 Å². The second kappa shape index (κ2) is 9.01. The third-order valence-corrected chi connectivity index (χ3v) is 3.82. The van der Waals surface area contributed by atoms with Crippen LogP contribution in [-0.2, 0) is 16.1 Å². The van der Waals surface area contributed by atoms with E-state index >= 15 is 0 Å². The zero-order valence-electron chi connectivity index (χ0n) is 14.8. The molecule has 2 rings (SSSR count). The maximum Gasteiger partial charge on any atom is 0.317 e. The fourth-order valence-corrected chi connectivity index (χ4v) is 2.93. The van der Waals surface area contributed by atoms with Crippen LogP contribution in [0, 0.1) is 0 Å². The molecule has 1 atom stereocenters. The largest absolute Gasteiger partial charge is 0.491 e. The van der Waals surface area contributed by atoms with Gasteiger partial charge < -0.3 is 14.6 Å². The summed E-state index contributed by atoms with van der Waals surface area (Å²) in [5, 5.41) is 8.84. The van der Waals surface area contributed by atoms with Crippen LogP contribution >= 0.6 is 0 Å². The summed E-state index contributed by atoms with van der Waals surface area (Å²) in [5.74, 6) is 0.0839. The topological polar surface area (TPSA) is 62.2 Å². The molecule has 1 N–H and O–H groups in total. The summed E-state index contributed by atoms with van der Waals surface area (Å²) >= 11 is 0. The van der Waals surface area contributed by atoms with Gasteiger partial charge in [-0.2, -0.15) is 0 Å². The number of rotatable bonds is 8. The van der Waals surface area contributed by atoms with Gasteiger partial charge in [0.05, 0.1) is 25.4 Å². The summed E-state index contributed by atoms with van der Waals surface area (Å²) in [5.41, 5.74) is 1.22. The van der Waals surface area contributed by atoms with Gasteiger partial charge in [0.25, 0.3) is 0 Å². The van der Waals surface area contributed by atoms with Gasteiger partial charge in [0.2, 0.25) is 0 Å². The Morgan fingerprint density at radius 3 is 3.00 bits per heavy atom. The first kappa shape index (κ1) is 18.7. The molecule has 0 aromatic heterocycles. The number of aliphatic carboxylic acids is 1. The number of hydrogen-bond acceptors (Lipinski definition) is 5. The molecule has 0 radical (unpaired) electrons. The number of hydrogen-bond donors (Lipinski definition) is 1. The Bertz CT molecular complexity index is 536. The summed E-state index contributed by atoms with van der Waals surface area (Å²) in [6.07, 6.45) is 0.205. The zero-order chi connectivity index (χ0) is 17.5. The summed E-state index contributed by atoms with van der Waals surface area (Å²) in [7, 11) is 1.81. The molecule has 1 saturated heterocycles. The van der Waals surface area contributed by atoms with Gasteiger partial charge in [-0.3, -0.25) is 14.6 Å². The lowest BCUT2D eigenvalue weighted by atomic mass is 10.1. The van der Waals surface area contributed by atoms with Crippen LogP contribution in [0.15, 0.2) is 24.3 Å². The molecule has 1 unspecified atom stereocenters. The van der Waals surface area contributed by atoms with Crippen molar-refractivity contribution < 1.29 is 19.4 Å². The van der Waals surface area contributed by atoms with E-state index < -0.39 is 5.97 Å². The average Bonchev–Trinajstić information content (AvgIpc) is 2.46. The number of ether oxygens (including phenoxy) is 2. The third-order valence-electron chi connectivity index (χ3n) is 3.82. The number of morpholine rings is 1. The highest BCUT2D eigenvalue weighted by Crippen LogP contribution is 2.17. The Morgan fingerprint density at radius 1 is 1.50 bits per heavy atom. The second-order valence-corrected chi connectivity index (χ2v) is 6.63. The molecule has 1 aromatic rings. The van der Waals surface area contributed by atoms with Crippen LogP contribution in [0.1, 0.15) is 19.4 Å². The predicted octanol–water partition coefficient (Wildman–Crippen LogP) is 1.69. The molecule has 0 spiro atoms. The Balaban J connectivity index is 1.87. The molecule has 6 nitrogen and oxygen atoms in total. The molecule has 1 aliphatic heterocycles. The molecule has 0 aliphatic carbocycles. The zero-order valence-corrected chi connectivity index (χ0v) is 14.8. The van der Waals surface area contributed by atoms with E-state index in [2.05, 4.69) is 17.0 Å². The highest BCUT2D eigenvalue weighted by Gasteiger charge is 2.22. The lowest BCUT2D eigenvalue weighted by molar-refractivity contribution is -0.138. The normalized spacial score (nSPS) is 19.0. The smallest absolute Gasteiger partial charge is 0.317 e. The lowest BCUT2D eigenvalue weighted by Crippen LogP contribution is -2.47. The first-order valence-corrected chi connectivity index (χ1v) is 8.42. The standard InChI is InChI=1S/C18H28N2O4/c1-14(2)24-16-6-4-5-15(9-16)10-20-7-8-23-17(12-20)11-19(3)13-18(21)22/h4-6,9,14,17H,7-8,10-13H2,1-3H3,(H,21,22). The average molecular weight is 336 g/mol. The van der Waals surface area contributed by atoms with E-state index in [-0.39, 0.29) is 18.8 Å². The third kappa shape index (κ3) is 6.47. The molecule has 0 amide bonds. The van der Waals surface area contributed by atoms with Crippen molar-refractivity contribution in [2.75, 3.05) is 39.8 Å². The Kier molecular flexibility index (Phi) is 7.02. The van der Waals surface area contributed by atoms with Gasteiger partial charge in [0.1, 0.15) is 5.75 Å². The summed E-state index contributed by atoms with van der Waals surface area (Å²) in [6, 6.07) is 8.19. The first-order valence-electron chi connectivity index (χ1n) is 8.42. The highest BCUT2D eigenvalue weighted by atomic mass is 16.5. The molecule has 6 heteroatoms. The summed E-state index contributed by atoms with van der Waals surface area (Å²) in [4.78, 5) is 14.9. The fourth-order valence-electron chi connectivity index (χ4n) is 2.93. The Morgan fingerprint density at radius 2 is 2.29 bits per heavy atom. The van der Waals surface area contributed by atoms with Crippen molar-refractivity contribution in [2.24, 2.45) is 0 Å². The van der Waals surface area contributed by atoms with Gasteiger partial charge in [-0.15, -0.1) is 0 Å². The molecule has 0 saturated carbocycles. The maximum atomic E-state index is 10.8. The number of carboxylic acid groups (broad SMARTS) is 1. The van der Waals surface area contributed by atoms with Crippen molar-refractivity contribution in [2.45, 2.75) is 32.6 Å². The van der Waals surface area contributed by atoms with Crippen LogP contribution in [0.25, 0.3) is 0 Å². The first-order chi connectivity index (χ1) is 11.4. The van der Waals surface area contributed by atoms with E-state index in [1.165, 1.54) is 5.56 Å². The minimum Gasteiger partial charge on any atom is -0.491 e. The van der Waals surface area contributed by atoms with Crippen molar-refractivity contribution in [3.63, 3.8) is 0 Å². The molecule has 134 valence electrons. The number of nitrogens with zero attached hydrogens (tertiary/aromatic N) is 2. The predicted molar refractivity (Wildman–Crippen MR) is 92.4 cm³/mol. The van der Waals surface area contributed by atoms with Crippen LogP contribution in [0.3, 0.4) is 0 Å². The van der Waals surface area contributed by atoms with Crippen LogP contribution in [-0.4, -0.2) is 72.9 Å². The number of benzene rings is 1. The number of likely N-dealkylation sites (N-methyl/N-ethyl adjacent to an activating group) is 1. The molecule has 0 bridgehead atoms. The Labute approximate surface area is 144 Å².